The molecule has 0 saturated carbocycles. The van der Waals surface area contributed by atoms with E-state index in [1.807, 2.05) is 103 Å². The van der Waals surface area contributed by atoms with Crippen LogP contribution in [-0.2, 0) is 0 Å². The fourth-order valence-corrected chi connectivity index (χ4v) is 8.81. The average molecular weight is 755 g/mol. The van der Waals surface area contributed by atoms with Crippen LogP contribution in [0.25, 0.3) is 116 Å². The molecule has 7 heteroatoms. The van der Waals surface area contributed by atoms with Gasteiger partial charge in [-0.25, -0.2) is 9.83 Å². The first kappa shape index (κ1) is 32.9. The zero-order valence-corrected chi connectivity index (χ0v) is 31.4. The van der Waals surface area contributed by atoms with Crippen molar-refractivity contribution in [1.82, 2.24) is 24.1 Å². The van der Waals surface area contributed by atoms with Crippen LogP contribution in [0.1, 0.15) is 0 Å². The van der Waals surface area contributed by atoms with E-state index in [-0.39, 0.29) is 0 Å². The summed E-state index contributed by atoms with van der Waals surface area (Å²) < 4.78 is 11.2. The lowest BCUT2D eigenvalue weighted by Crippen LogP contribution is -2.07. The number of hydrogen-bond donors (Lipinski definition) is 0. The number of benzene rings is 8. The highest BCUT2D eigenvalue weighted by Gasteiger charge is 2.25. The number of aromatic nitrogens is 5. The Labute approximate surface area is 337 Å². The van der Waals surface area contributed by atoms with Crippen molar-refractivity contribution < 1.29 is 4.42 Å². The van der Waals surface area contributed by atoms with E-state index >= 15 is 0 Å². The van der Waals surface area contributed by atoms with Gasteiger partial charge in [-0.1, -0.05) is 152 Å². The van der Waals surface area contributed by atoms with Crippen LogP contribution in [0.15, 0.2) is 186 Å². The number of nitrogens with zero attached hydrogens (tertiary/aromatic N) is 6. The second-order valence-electron chi connectivity index (χ2n) is 14.7. The molecule has 4 heterocycles. The van der Waals surface area contributed by atoms with Crippen LogP contribution >= 0.6 is 0 Å². The monoisotopic (exact) mass is 754 g/mol. The summed E-state index contributed by atoms with van der Waals surface area (Å²) in [7, 11) is 0. The fourth-order valence-electron chi connectivity index (χ4n) is 8.81. The van der Waals surface area contributed by atoms with Crippen LogP contribution in [0.3, 0.4) is 0 Å². The van der Waals surface area contributed by atoms with Crippen molar-refractivity contribution >= 4 is 71.2 Å². The number of para-hydroxylation sites is 4. The van der Waals surface area contributed by atoms with Crippen molar-refractivity contribution in [3.63, 3.8) is 0 Å². The molecular formula is C52H30N6O. The summed E-state index contributed by atoms with van der Waals surface area (Å²) in [6, 6.07) is 62.0. The molecular weight excluding hydrogens is 725 g/mol. The summed E-state index contributed by atoms with van der Waals surface area (Å²) in [4.78, 5) is 19.5. The fraction of sp³-hybridized carbons (Fsp3) is 0. The van der Waals surface area contributed by atoms with Gasteiger partial charge in [-0.05, 0) is 35.9 Å². The summed E-state index contributed by atoms with van der Waals surface area (Å²) >= 11 is 0. The van der Waals surface area contributed by atoms with E-state index in [1.54, 1.807) is 0 Å². The predicted molar refractivity (Wildman–Crippen MR) is 238 cm³/mol. The van der Waals surface area contributed by atoms with Crippen LogP contribution in [-0.4, -0.2) is 24.1 Å². The SMILES string of the molecule is [C-]#[N+]c1ccccc1-c1cc(-n2c3ccccc3c3ccc4c5ccccc5n(-c5nc(-c6ccccc6)nc(-c6ccccc6)n5)c4c32)cc2c1oc1ccccc12. The molecule has 0 radical (unpaired) electrons. The van der Waals surface area contributed by atoms with Crippen molar-refractivity contribution in [2.45, 2.75) is 0 Å². The van der Waals surface area contributed by atoms with E-state index in [9.17, 15) is 0 Å². The van der Waals surface area contributed by atoms with E-state index in [4.69, 9.17) is 25.9 Å². The highest BCUT2D eigenvalue weighted by molar-refractivity contribution is 6.24. The largest absolute Gasteiger partial charge is 0.455 e. The van der Waals surface area contributed by atoms with E-state index in [2.05, 4.69) is 92.8 Å². The molecule has 0 aliphatic rings. The minimum atomic E-state index is 0.524. The van der Waals surface area contributed by atoms with Crippen LogP contribution < -0.4 is 0 Å². The Hall–Kier alpha value is -8.34. The second kappa shape index (κ2) is 12.8. The highest BCUT2D eigenvalue weighted by Crippen LogP contribution is 2.45. The zero-order chi connectivity index (χ0) is 39.0. The Morgan fingerprint density at radius 1 is 0.441 bits per heavy atom. The quantitative estimate of drug-likeness (QED) is 0.164. The lowest BCUT2D eigenvalue weighted by Gasteiger charge is -2.15. The first-order valence-electron chi connectivity index (χ1n) is 19.5. The van der Waals surface area contributed by atoms with E-state index in [0.29, 0.717) is 23.3 Å². The van der Waals surface area contributed by atoms with Gasteiger partial charge in [0.1, 0.15) is 11.2 Å². The molecule has 59 heavy (non-hydrogen) atoms. The second-order valence-corrected chi connectivity index (χ2v) is 14.7. The molecule has 0 atom stereocenters. The smallest absolute Gasteiger partial charge is 0.238 e. The molecule has 0 bridgehead atoms. The van der Waals surface area contributed by atoms with Crippen LogP contribution in [0, 0.1) is 6.57 Å². The van der Waals surface area contributed by atoms with Crippen molar-refractivity contribution in [2.75, 3.05) is 0 Å². The van der Waals surface area contributed by atoms with Gasteiger partial charge in [0.25, 0.3) is 0 Å². The Bertz CT molecular complexity index is 3630. The molecule has 0 amide bonds. The van der Waals surface area contributed by atoms with E-state index < -0.39 is 0 Å². The van der Waals surface area contributed by atoms with Gasteiger partial charge in [-0.2, -0.15) is 9.97 Å². The Morgan fingerprint density at radius 3 is 1.64 bits per heavy atom. The summed E-state index contributed by atoms with van der Waals surface area (Å²) in [6.45, 7) is 8.12. The number of fused-ring (bicyclic) bond motifs is 10. The van der Waals surface area contributed by atoms with Gasteiger partial charge in [-0.15, -0.1) is 0 Å². The van der Waals surface area contributed by atoms with Gasteiger partial charge in [0.15, 0.2) is 17.3 Å². The minimum Gasteiger partial charge on any atom is -0.455 e. The molecule has 0 unspecified atom stereocenters. The van der Waals surface area contributed by atoms with Gasteiger partial charge >= 0.3 is 0 Å². The molecule has 12 rings (SSSR count). The summed E-state index contributed by atoms with van der Waals surface area (Å²) in [5, 5.41) is 6.37. The minimum absolute atomic E-state index is 0.524. The summed E-state index contributed by atoms with van der Waals surface area (Å²) in [5.74, 6) is 1.71. The van der Waals surface area contributed by atoms with Gasteiger partial charge in [0.05, 0.1) is 28.6 Å². The van der Waals surface area contributed by atoms with Crippen LogP contribution in [0.2, 0.25) is 0 Å². The van der Waals surface area contributed by atoms with Gasteiger partial charge in [-0.3, -0.25) is 4.57 Å². The maximum atomic E-state index is 8.12. The third-order valence-corrected chi connectivity index (χ3v) is 11.4. The van der Waals surface area contributed by atoms with Crippen LogP contribution in [0.4, 0.5) is 5.69 Å². The third-order valence-electron chi connectivity index (χ3n) is 11.4. The van der Waals surface area contributed by atoms with Gasteiger partial charge in [0, 0.05) is 54.7 Å². The average Bonchev–Trinajstić information content (AvgIpc) is 3.97. The lowest BCUT2D eigenvalue weighted by molar-refractivity contribution is 0.670. The molecule has 4 aromatic heterocycles. The molecule has 7 nitrogen and oxygen atoms in total. The summed E-state index contributed by atoms with van der Waals surface area (Å²) in [6.07, 6.45) is 0. The Morgan fingerprint density at radius 2 is 0.983 bits per heavy atom. The third kappa shape index (κ3) is 4.97. The first-order valence-corrected chi connectivity index (χ1v) is 19.5. The number of hydrogen-bond acceptors (Lipinski definition) is 4. The van der Waals surface area contributed by atoms with Crippen LogP contribution in [0.5, 0.6) is 0 Å². The summed E-state index contributed by atoms with van der Waals surface area (Å²) in [5.41, 5.74) is 10.6. The first-order chi connectivity index (χ1) is 29.2. The molecule has 0 N–H and O–H groups in total. The zero-order valence-electron chi connectivity index (χ0n) is 31.4. The van der Waals surface area contributed by atoms with Crippen molar-refractivity contribution in [3.8, 4) is 45.5 Å². The number of rotatable bonds is 5. The normalized spacial score (nSPS) is 11.7. The molecule has 0 aliphatic heterocycles. The predicted octanol–water partition coefficient (Wildman–Crippen LogP) is 13.5. The molecule has 12 aromatic rings. The topological polar surface area (TPSA) is 66.0 Å². The Kier molecular flexibility index (Phi) is 7.16. The lowest BCUT2D eigenvalue weighted by atomic mass is 9.99. The van der Waals surface area contributed by atoms with Crippen molar-refractivity contribution in [1.29, 1.82) is 0 Å². The standard InChI is InChI=1S/C52H30N6O/c1-53-43-24-12-8-20-35(43)41-30-34(31-42-38-23-11-15-27-46(38)59-49(41)42)57-44-25-13-9-21-36(44)39-28-29-40-37-22-10-14-26-45(37)58(48(40)47(39)57)52-55-50(32-16-4-2-5-17-32)54-51(56-52)33-18-6-3-7-19-33/h2-31H. The number of furan rings is 1. The maximum Gasteiger partial charge on any atom is 0.238 e. The molecule has 0 aliphatic carbocycles. The highest BCUT2D eigenvalue weighted by atomic mass is 16.3. The molecule has 274 valence electrons. The Balaban J connectivity index is 1.26. The maximum absolute atomic E-state index is 8.12. The van der Waals surface area contributed by atoms with Gasteiger partial charge in [0.2, 0.25) is 5.95 Å². The molecule has 0 fully saturated rings. The van der Waals surface area contributed by atoms with E-state index in [0.717, 1.165) is 93.5 Å². The molecule has 0 spiro atoms. The van der Waals surface area contributed by atoms with E-state index in [1.165, 1.54) is 0 Å². The molecule has 8 aromatic carbocycles. The molecule has 0 saturated heterocycles. The van der Waals surface area contributed by atoms with Gasteiger partial charge < -0.3 is 8.98 Å². The van der Waals surface area contributed by atoms with Crippen molar-refractivity contribution in [3.05, 3.63) is 193 Å². The van der Waals surface area contributed by atoms with Crippen molar-refractivity contribution in [2.24, 2.45) is 0 Å².